The van der Waals surface area contributed by atoms with Crippen LogP contribution in [-0.2, 0) is 0 Å². The lowest BCUT2D eigenvalue weighted by Crippen LogP contribution is -2.27. The Labute approximate surface area is 157 Å². The fourth-order valence-corrected chi connectivity index (χ4v) is 2.88. The van der Waals surface area contributed by atoms with E-state index < -0.39 is 10.7 Å². The summed E-state index contributed by atoms with van der Waals surface area (Å²) in [5, 5.41) is 14.2. The number of ketones is 1. The van der Waals surface area contributed by atoms with Gasteiger partial charge < -0.3 is 10.2 Å². The molecule has 3 rings (SSSR count). The Hall–Kier alpha value is -3.22. The van der Waals surface area contributed by atoms with Gasteiger partial charge in [0.05, 0.1) is 10.5 Å². The molecule has 1 fully saturated rings. The highest BCUT2D eigenvalue weighted by molar-refractivity contribution is 6.15. The quantitative estimate of drug-likeness (QED) is 0.461. The van der Waals surface area contributed by atoms with Crippen molar-refractivity contribution in [3.05, 3.63) is 69.3 Å². The summed E-state index contributed by atoms with van der Waals surface area (Å²) in [5.74, 6) is -0.191. The van der Waals surface area contributed by atoms with Crippen molar-refractivity contribution in [3.63, 3.8) is 0 Å². The van der Waals surface area contributed by atoms with E-state index >= 15 is 0 Å². The minimum atomic E-state index is -0.514. The molecular weight excluding hydrogens is 346 g/mol. The summed E-state index contributed by atoms with van der Waals surface area (Å²) >= 11 is 0. The molecule has 1 amide bonds. The number of carbonyl (C=O) groups is 2. The van der Waals surface area contributed by atoms with Crippen molar-refractivity contribution < 1.29 is 14.5 Å². The molecule has 140 valence electrons. The van der Waals surface area contributed by atoms with E-state index in [9.17, 15) is 19.7 Å². The first kappa shape index (κ1) is 18.6. The van der Waals surface area contributed by atoms with Crippen LogP contribution in [0.1, 0.15) is 39.1 Å². The number of hydrogen-bond donors (Lipinski definition) is 1. The maximum Gasteiger partial charge on any atom is 0.293 e. The molecule has 0 atom stereocenters. The Kier molecular flexibility index (Phi) is 5.21. The van der Waals surface area contributed by atoms with Crippen LogP contribution in [0.25, 0.3) is 0 Å². The Morgan fingerprint density at radius 3 is 2.41 bits per heavy atom. The largest absolute Gasteiger partial charge is 0.372 e. The average molecular weight is 367 g/mol. The molecule has 0 saturated heterocycles. The predicted molar refractivity (Wildman–Crippen MR) is 102 cm³/mol. The van der Waals surface area contributed by atoms with Gasteiger partial charge in [-0.25, -0.2) is 0 Å². The van der Waals surface area contributed by atoms with Gasteiger partial charge in [0.15, 0.2) is 5.78 Å². The number of nitro groups is 1. The number of nitrogens with one attached hydrogen (secondary N) is 1. The zero-order valence-corrected chi connectivity index (χ0v) is 15.3. The van der Waals surface area contributed by atoms with E-state index in [4.69, 9.17) is 0 Å². The molecule has 27 heavy (non-hydrogen) atoms. The van der Waals surface area contributed by atoms with Crippen LogP contribution in [0.5, 0.6) is 0 Å². The zero-order chi connectivity index (χ0) is 19.6. The van der Waals surface area contributed by atoms with Crippen molar-refractivity contribution in [2.24, 2.45) is 5.92 Å². The molecule has 0 aliphatic heterocycles. The zero-order valence-electron chi connectivity index (χ0n) is 15.3. The highest BCUT2D eigenvalue weighted by atomic mass is 16.6. The maximum atomic E-state index is 13.0. The first-order valence-corrected chi connectivity index (χ1v) is 8.76. The minimum absolute atomic E-state index is 0.151. The van der Waals surface area contributed by atoms with Crippen LogP contribution < -0.4 is 10.2 Å². The van der Waals surface area contributed by atoms with Gasteiger partial charge in [0, 0.05) is 37.8 Å². The third kappa shape index (κ3) is 4.13. The number of nitro benzene ring substituents is 1. The van der Waals surface area contributed by atoms with Crippen molar-refractivity contribution in [2.75, 3.05) is 25.5 Å². The molecule has 7 nitrogen and oxygen atoms in total. The van der Waals surface area contributed by atoms with Gasteiger partial charge in [-0.15, -0.1) is 0 Å². The summed E-state index contributed by atoms with van der Waals surface area (Å²) in [6, 6.07) is 10.9. The smallest absolute Gasteiger partial charge is 0.293 e. The highest BCUT2D eigenvalue weighted by Gasteiger charge is 2.25. The lowest BCUT2D eigenvalue weighted by molar-refractivity contribution is -0.384. The molecule has 2 aromatic rings. The molecule has 0 heterocycles. The second-order valence-electron chi connectivity index (χ2n) is 6.88. The van der Waals surface area contributed by atoms with E-state index in [0.29, 0.717) is 18.2 Å². The fourth-order valence-electron chi connectivity index (χ4n) is 2.88. The molecule has 0 unspecified atom stereocenters. The van der Waals surface area contributed by atoms with Crippen LogP contribution in [0.4, 0.5) is 11.4 Å². The van der Waals surface area contributed by atoms with Gasteiger partial charge in [-0.2, -0.15) is 0 Å². The fraction of sp³-hybridized carbons (Fsp3) is 0.300. The molecule has 1 saturated carbocycles. The molecule has 0 radical (unpaired) electrons. The first-order chi connectivity index (χ1) is 12.9. The highest BCUT2D eigenvalue weighted by Crippen LogP contribution is 2.29. The van der Waals surface area contributed by atoms with E-state index in [2.05, 4.69) is 5.32 Å². The summed E-state index contributed by atoms with van der Waals surface area (Å²) in [5.41, 5.74) is 0.948. The van der Waals surface area contributed by atoms with E-state index in [0.717, 1.165) is 12.8 Å². The van der Waals surface area contributed by atoms with Crippen molar-refractivity contribution in [1.29, 1.82) is 0 Å². The number of hydrogen-bond acceptors (Lipinski definition) is 5. The molecular formula is C20H21N3O4. The second-order valence-corrected chi connectivity index (χ2v) is 6.88. The number of anilines is 1. The minimum Gasteiger partial charge on any atom is -0.372 e. The van der Waals surface area contributed by atoms with E-state index in [1.807, 2.05) is 0 Å². The van der Waals surface area contributed by atoms with Gasteiger partial charge in [-0.05, 0) is 37.0 Å². The van der Waals surface area contributed by atoms with Gasteiger partial charge in [-0.3, -0.25) is 19.7 Å². The summed E-state index contributed by atoms with van der Waals surface area (Å²) in [6.07, 6.45) is 2.23. The van der Waals surface area contributed by atoms with Crippen molar-refractivity contribution in [1.82, 2.24) is 5.32 Å². The van der Waals surface area contributed by atoms with Crippen LogP contribution in [0.3, 0.4) is 0 Å². The summed E-state index contributed by atoms with van der Waals surface area (Å²) in [7, 11) is 3.40. The van der Waals surface area contributed by atoms with E-state index in [1.54, 1.807) is 55.4 Å². The molecule has 0 spiro atoms. The molecule has 0 bridgehead atoms. The second kappa shape index (κ2) is 7.57. The topological polar surface area (TPSA) is 92.6 Å². The van der Waals surface area contributed by atoms with Gasteiger partial charge >= 0.3 is 0 Å². The Morgan fingerprint density at radius 2 is 1.81 bits per heavy atom. The molecule has 2 aromatic carbocycles. The third-order valence-corrected chi connectivity index (χ3v) is 4.58. The Balaban J connectivity index is 1.93. The summed E-state index contributed by atoms with van der Waals surface area (Å²) in [6.45, 7) is 0.602. The SMILES string of the molecule is CN(C)c1ccc(C(=O)c2ccccc2C(=O)NCC2CC2)cc1[N+](=O)[O-]. The molecule has 1 aliphatic carbocycles. The standard InChI is InChI=1S/C20H21N3O4/c1-22(2)17-10-9-14(11-18(17)23(26)27)19(24)15-5-3-4-6-16(15)20(25)21-12-13-7-8-13/h3-6,9-11,13H,7-8,12H2,1-2H3,(H,21,25). The molecule has 7 heteroatoms. The normalized spacial score (nSPS) is 13.1. The van der Waals surface area contributed by atoms with Crippen LogP contribution in [0.2, 0.25) is 0 Å². The summed E-state index contributed by atoms with van der Waals surface area (Å²) in [4.78, 5) is 37.9. The van der Waals surface area contributed by atoms with Crippen LogP contribution >= 0.6 is 0 Å². The number of rotatable bonds is 7. The van der Waals surface area contributed by atoms with E-state index in [1.165, 1.54) is 6.07 Å². The number of nitrogens with zero attached hydrogens (tertiary/aromatic N) is 2. The number of carbonyl (C=O) groups excluding carboxylic acids is 2. The predicted octanol–water partition coefficient (Wildman–Crippen LogP) is 3.03. The molecule has 1 aliphatic rings. The third-order valence-electron chi connectivity index (χ3n) is 4.58. The van der Waals surface area contributed by atoms with Gasteiger partial charge in [0.1, 0.15) is 5.69 Å². The summed E-state index contributed by atoms with van der Waals surface area (Å²) < 4.78 is 0. The van der Waals surface area contributed by atoms with Crippen molar-refractivity contribution >= 4 is 23.1 Å². The van der Waals surface area contributed by atoms with Gasteiger partial charge in [-0.1, -0.05) is 18.2 Å². The van der Waals surface area contributed by atoms with Gasteiger partial charge in [0.2, 0.25) is 0 Å². The number of benzene rings is 2. The lowest BCUT2D eigenvalue weighted by atomic mass is 9.97. The monoisotopic (exact) mass is 367 g/mol. The van der Waals surface area contributed by atoms with Crippen LogP contribution in [0, 0.1) is 16.0 Å². The van der Waals surface area contributed by atoms with Crippen molar-refractivity contribution in [2.45, 2.75) is 12.8 Å². The maximum absolute atomic E-state index is 13.0. The Bertz CT molecular complexity index is 904. The number of amides is 1. The van der Waals surface area contributed by atoms with Crippen LogP contribution in [0.15, 0.2) is 42.5 Å². The first-order valence-electron chi connectivity index (χ1n) is 8.76. The molecule has 1 N–H and O–H groups in total. The lowest BCUT2D eigenvalue weighted by Gasteiger charge is -2.14. The van der Waals surface area contributed by atoms with Crippen LogP contribution in [-0.4, -0.2) is 37.3 Å². The Morgan fingerprint density at radius 1 is 1.15 bits per heavy atom. The average Bonchev–Trinajstić information content (AvgIpc) is 3.49. The van der Waals surface area contributed by atoms with E-state index in [-0.39, 0.29) is 28.3 Å². The molecule has 0 aromatic heterocycles. The van der Waals surface area contributed by atoms with Crippen molar-refractivity contribution in [3.8, 4) is 0 Å². The van der Waals surface area contributed by atoms with Gasteiger partial charge in [0.25, 0.3) is 11.6 Å².